The molecule has 0 heterocycles. The van der Waals surface area contributed by atoms with Crippen molar-refractivity contribution in [3.63, 3.8) is 0 Å². The van der Waals surface area contributed by atoms with Crippen molar-refractivity contribution in [2.45, 2.75) is 6.42 Å². The lowest BCUT2D eigenvalue weighted by atomic mass is 10.1. The van der Waals surface area contributed by atoms with Crippen LogP contribution in [-0.4, -0.2) is 5.75 Å². The van der Waals surface area contributed by atoms with Crippen LogP contribution in [0, 0.1) is 11.8 Å². The van der Waals surface area contributed by atoms with Crippen LogP contribution in [0.1, 0.15) is 12.0 Å². The van der Waals surface area contributed by atoms with Crippen molar-refractivity contribution in [2.24, 2.45) is 0 Å². The zero-order valence-electron chi connectivity index (χ0n) is 8.90. The molecular formula is C14H13NS. The molecule has 0 fully saturated rings. The molecule has 80 valence electrons. The Kier molecular flexibility index (Phi) is 3.38. The summed E-state index contributed by atoms with van der Waals surface area (Å²) in [5, 5.41) is 2.33. The van der Waals surface area contributed by atoms with Gasteiger partial charge in [0.2, 0.25) is 0 Å². The highest BCUT2D eigenvalue weighted by Gasteiger charge is 1.94. The lowest BCUT2D eigenvalue weighted by molar-refractivity contribution is 1.31. The quantitative estimate of drug-likeness (QED) is 0.437. The van der Waals surface area contributed by atoms with E-state index in [1.165, 1.54) is 5.39 Å². The zero-order valence-corrected chi connectivity index (χ0v) is 9.80. The Morgan fingerprint density at radius 1 is 1.06 bits per heavy atom. The molecule has 0 unspecified atom stereocenters. The third-order valence-electron chi connectivity index (χ3n) is 2.33. The van der Waals surface area contributed by atoms with Crippen molar-refractivity contribution < 1.29 is 0 Å². The molecule has 0 bridgehead atoms. The number of hydrogen-bond donors (Lipinski definition) is 2. The van der Waals surface area contributed by atoms with E-state index in [1.807, 2.05) is 24.3 Å². The maximum absolute atomic E-state index is 5.72. The molecule has 1 nitrogen and oxygen atoms in total. The molecular weight excluding hydrogens is 214 g/mol. The molecule has 0 radical (unpaired) electrons. The molecule has 0 aliphatic carbocycles. The molecule has 0 atom stereocenters. The summed E-state index contributed by atoms with van der Waals surface area (Å²) in [5.41, 5.74) is 7.56. The number of thiol groups is 1. The highest BCUT2D eigenvalue weighted by atomic mass is 32.1. The van der Waals surface area contributed by atoms with Gasteiger partial charge in [-0.3, -0.25) is 0 Å². The maximum Gasteiger partial charge on any atom is 0.0320 e. The van der Waals surface area contributed by atoms with Crippen LogP contribution in [0.4, 0.5) is 5.69 Å². The van der Waals surface area contributed by atoms with Gasteiger partial charge >= 0.3 is 0 Å². The van der Waals surface area contributed by atoms with Gasteiger partial charge in [0.25, 0.3) is 0 Å². The number of benzene rings is 2. The van der Waals surface area contributed by atoms with Crippen molar-refractivity contribution in [3.05, 3.63) is 42.0 Å². The van der Waals surface area contributed by atoms with Crippen LogP contribution in [0.3, 0.4) is 0 Å². The van der Waals surface area contributed by atoms with E-state index in [0.717, 1.165) is 28.8 Å². The number of nitrogens with two attached hydrogens (primary N) is 1. The fraction of sp³-hybridized carbons (Fsp3) is 0.143. The number of fused-ring (bicyclic) bond motifs is 1. The first-order chi connectivity index (χ1) is 7.79. The van der Waals surface area contributed by atoms with Gasteiger partial charge in [0.1, 0.15) is 0 Å². The number of nitrogen functional groups attached to an aromatic ring is 1. The first-order valence-electron chi connectivity index (χ1n) is 5.18. The Hall–Kier alpha value is -1.59. The third-order valence-corrected chi connectivity index (χ3v) is 2.56. The van der Waals surface area contributed by atoms with Gasteiger partial charge in [-0.2, -0.15) is 12.6 Å². The Balaban J connectivity index is 2.38. The van der Waals surface area contributed by atoms with Crippen molar-refractivity contribution in [1.82, 2.24) is 0 Å². The average Bonchev–Trinajstić information content (AvgIpc) is 2.29. The normalized spacial score (nSPS) is 9.81. The van der Waals surface area contributed by atoms with Crippen molar-refractivity contribution in [2.75, 3.05) is 11.5 Å². The van der Waals surface area contributed by atoms with Crippen molar-refractivity contribution in [1.29, 1.82) is 0 Å². The van der Waals surface area contributed by atoms with Crippen LogP contribution < -0.4 is 5.73 Å². The largest absolute Gasteiger partial charge is 0.399 e. The van der Waals surface area contributed by atoms with Gasteiger partial charge in [0, 0.05) is 23.4 Å². The molecule has 2 aromatic rings. The zero-order chi connectivity index (χ0) is 11.4. The Bertz CT molecular complexity index is 564. The van der Waals surface area contributed by atoms with Crippen molar-refractivity contribution >= 4 is 29.1 Å². The standard InChI is InChI=1S/C14H13NS/c15-14-7-6-12-9-11(3-1-2-8-16)4-5-13(12)10-14/h4-7,9-10,16H,2,8,15H2. The van der Waals surface area contributed by atoms with Gasteiger partial charge in [-0.05, 0) is 35.0 Å². The van der Waals surface area contributed by atoms with Crippen LogP contribution >= 0.6 is 12.6 Å². The fourth-order valence-corrected chi connectivity index (χ4v) is 1.67. The van der Waals surface area contributed by atoms with Crippen molar-refractivity contribution in [3.8, 4) is 11.8 Å². The van der Waals surface area contributed by atoms with Gasteiger partial charge < -0.3 is 5.73 Å². The smallest absolute Gasteiger partial charge is 0.0320 e. The summed E-state index contributed by atoms with van der Waals surface area (Å²) in [6.07, 6.45) is 0.822. The molecule has 0 aromatic heterocycles. The molecule has 2 heteroatoms. The van der Waals surface area contributed by atoms with E-state index in [9.17, 15) is 0 Å². The topological polar surface area (TPSA) is 26.0 Å². The van der Waals surface area contributed by atoms with Gasteiger partial charge in [0.05, 0.1) is 0 Å². The summed E-state index contributed by atoms with van der Waals surface area (Å²) in [7, 11) is 0. The van der Waals surface area contributed by atoms with Gasteiger partial charge in [-0.1, -0.05) is 24.0 Å². The van der Waals surface area contributed by atoms with Gasteiger partial charge in [-0.25, -0.2) is 0 Å². The first kappa shape index (κ1) is 10.9. The minimum absolute atomic E-state index is 0.793. The SMILES string of the molecule is Nc1ccc2cc(C#CCCS)ccc2c1. The highest BCUT2D eigenvalue weighted by Crippen LogP contribution is 2.18. The third kappa shape index (κ3) is 2.50. The molecule has 0 aliphatic rings. The summed E-state index contributed by atoms with van der Waals surface area (Å²) in [6.45, 7) is 0. The van der Waals surface area contributed by atoms with E-state index in [2.05, 4.69) is 36.6 Å². The Labute approximate surface area is 101 Å². The predicted octanol–water partition coefficient (Wildman–Crippen LogP) is 3.09. The van der Waals surface area contributed by atoms with E-state index in [-0.39, 0.29) is 0 Å². The lowest BCUT2D eigenvalue weighted by Gasteiger charge is -1.99. The minimum atomic E-state index is 0.793. The summed E-state index contributed by atoms with van der Waals surface area (Å²) in [4.78, 5) is 0. The second-order valence-corrected chi connectivity index (χ2v) is 4.04. The Morgan fingerprint density at radius 2 is 1.81 bits per heavy atom. The molecule has 16 heavy (non-hydrogen) atoms. The van der Waals surface area contributed by atoms with E-state index in [1.54, 1.807) is 0 Å². The van der Waals surface area contributed by atoms with Crippen LogP contribution in [0.15, 0.2) is 36.4 Å². The monoisotopic (exact) mass is 227 g/mol. The van der Waals surface area contributed by atoms with E-state index < -0.39 is 0 Å². The second kappa shape index (κ2) is 4.96. The van der Waals surface area contributed by atoms with E-state index in [4.69, 9.17) is 5.73 Å². The number of rotatable bonds is 1. The van der Waals surface area contributed by atoms with Crippen LogP contribution in [0.2, 0.25) is 0 Å². The van der Waals surface area contributed by atoms with Crippen LogP contribution in [0.25, 0.3) is 10.8 Å². The van der Waals surface area contributed by atoms with Gasteiger partial charge in [-0.15, -0.1) is 0 Å². The fourth-order valence-electron chi connectivity index (χ4n) is 1.56. The second-order valence-electron chi connectivity index (χ2n) is 3.60. The van der Waals surface area contributed by atoms with Crippen LogP contribution in [-0.2, 0) is 0 Å². The first-order valence-corrected chi connectivity index (χ1v) is 5.82. The lowest BCUT2D eigenvalue weighted by Crippen LogP contribution is -1.84. The summed E-state index contributed by atoms with van der Waals surface area (Å²) < 4.78 is 0. The van der Waals surface area contributed by atoms with E-state index >= 15 is 0 Å². The minimum Gasteiger partial charge on any atom is -0.399 e. The summed E-state index contributed by atoms with van der Waals surface area (Å²) >= 11 is 4.12. The molecule has 2 rings (SSSR count). The average molecular weight is 227 g/mol. The maximum atomic E-state index is 5.72. The van der Waals surface area contributed by atoms with Crippen LogP contribution in [0.5, 0.6) is 0 Å². The molecule has 0 spiro atoms. The van der Waals surface area contributed by atoms with E-state index in [0.29, 0.717) is 0 Å². The molecule has 2 N–H and O–H groups in total. The summed E-state index contributed by atoms with van der Waals surface area (Å²) in [6, 6.07) is 12.1. The highest BCUT2D eigenvalue weighted by molar-refractivity contribution is 7.80. The number of anilines is 1. The number of hydrogen-bond acceptors (Lipinski definition) is 2. The predicted molar refractivity (Wildman–Crippen MR) is 73.7 cm³/mol. The van der Waals surface area contributed by atoms with Gasteiger partial charge in [0.15, 0.2) is 0 Å². The molecule has 0 amide bonds. The molecule has 0 saturated heterocycles. The Morgan fingerprint density at radius 3 is 2.62 bits per heavy atom. The summed E-state index contributed by atoms with van der Waals surface area (Å²) in [5.74, 6) is 7.00. The molecule has 0 saturated carbocycles. The molecule has 2 aromatic carbocycles. The molecule has 0 aliphatic heterocycles.